The predicted octanol–water partition coefficient (Wildman–Crippen LogP) is 0.342. The van der Waals surface area contributed by atoms with E-state index in [1.807, 2.05) is 0 Å². The largest absolute Gasteiger partial charge is 0.349 e. The quantitative estimate of drug-likeness (QED) is 0.400. The van der Waals surface area contributed by atoms with Crippen LogP contribution in [0.25, 0.3) is 0 Å². The lowest BCUT2D eigenvalue weighted by Gasteiger charge is -2.37. The summed E-state index contributed by atoms with van der Waals surface area (Å²) >= 11 is 7.07. The van der Waals surface area contributed by atoms with Gasteiger partial charge in [-0.05, 0) is 19.3 Å². The lowest BCUT2D eigenvalue weighted by molar-refractivity contribution is -0.137. The number of nitrogens with one attached hydrogen (secondary N) is 4. The molecule has 2 aliphatic rings. The van der Waals surface area contributed by atoms with Crippen molar-refractivity contribution in [1.29, 1.82) is 0 Å². The van der Waals surface area contributed by atoms with Crippen LogP contribution in [0.5, 0.6) is 0 Å². The molecule has 0 spiro atoms. The lowest BCUT2D eigenvalue weighted by atomic mass is 9.81. The fourth-order valence-corrected chi connectivity index (χ4v) is 5.39. The van der Waals surface area contributed by atoms with E-state index in [0.717, 1.165) is 23.5 Å². The van der Waals surface area contributed by atoms with Gasteiger partial charge in [0.05, 0.1) is 29.2 Å². The molecule has 0 unspecified atom stereocenters. The molecule has 12 nitrogen and oxygen atoms in total. The molecule has 4 rings (SSSR count). The molecule has 3 atom stereocenters. The second kappa shape index (κ2) is 11.3. The maximum absolute atomic E-state index is 13.1. The number of thiazole rings is 1. The molecule has 1 saturated carbocycles. The van der Waals surface area contributed by atoms with Crippen LogP contribution in [0, 0.1) is 5.92 Å². The van der Waals surface area contributed by atoms with E-state index < -0.39 is 23.9 Å². The van der Waals surface area contributed by atoms with Crippen LogP contribution in [0.4, 0.5) is 5.95 Å². The number of carbonyl (C=O) groups excluding carboxylic acids is 4. The van der Waals surface area contributed by atoms with E-state index in [2.05, 4.69) is 36.2 Å². The Hall–Kier alpha value is -3.16. The van der Waals surface area contributed by atoms with E-state index in [4.69, 9.17) is 11.6 Å². The Kier molecular flexibility index (Phi) is 8.11. The van der Waals surface area contributed by atoms with Gasteiger partial charge in [-0.15, -0.1) is 11.3 Å². The highest BCUT2D eigenvalue weighted by Crippen LogP contribution is 2.27. The van der Waals surface area contributed by atoms with Crippen LogP contribution >= 0.6 is 22.9 Å². The summed E-state index contributed by atoms with van der Waals surface area (Å²) in [5.41, 5.74) is 0.916. The summed E-state index contributed by atoms with van der Waals surface area (Å²) in [5, 5.41) is 11.8. The zero-order chi connectivity index (χ0) is 25.8. The van der Waals surface area contributed by atoms with Crippen molar-refractivity contribution in [2.75, 3.05) is 26.0 Å². The topological polar surface area (TPSA) is 158 Å². The molecule has 0 bridgehead atoms. The summed E-state index contributed by atoms with van der Waals surface area (Å²) in [5.74, 6) is -2.64. The van der Waals surface area contributed by atoms with Crippen molar-refractivity contribution in [3.63, 3.8) is 0 Å². The van der Waals surface area contributed by atoms with Crippen LogP contribution < -0.4 is 21.3 Å². The van der Waals surface area contributed by atoms with Crippen molar-refractivity contribution in [3.05, 3.63) is 33.0 Å². The highest BCUT2D eigenvalue weighted by molar-refractivity contribution is 7.13. The molecule has 192 valence electrons. The van der Waals surface area contributed by atoms with E-state index >= 15 is 0 Å². The number of carbonyl (C=O) groups is 4. The highest BCUT2D eigenvalue weighted by atomic mass is 35.5. The molecule has 4 amide bonds. The standard InChI is InChI=1S/C22H27ClN8O4S/c1-31(2)21(35)11-3-4-13(27-17(32)18(33)30-22-25-8-12(23)9-26-22)15(7-11)28-19(34)20-29-14-5-6-24-10-16(14)36-20/h8-9,11,13,15,24H,3-7,10H2,1-2H3,(H,27,32)(H,28,34)(H,25,26,30,33)/t11-,13-,15+/m0/s1. The van der Waals surface area contributed by atoms with Gasteiger partial charge in [-0.3, -0.25) is 24.5 Å². The third-order valence-electron chi connectivity index (χ3n) is 6.12. The summed E-state index contributed by atoms with van der Waals surface area (Å²) in [6.45, 7) is 1.49. The Bertz CT molecular complexity index is 1130. The van der Waals surface area contributed by atoms with Crippen LogP contribution in [0.2, 0.25) is 5.02 Å². The van der Waals surface area contributed by atoms with Crippen molar-refractivity contribution in [1.82, 2.24) is 35.8 Å². The number of hydrogen-bond donors (Lipinski definition) is 4. The Morgan fingerprint density at radius 2 is 1.83 bits per heavy atom. The first-order valence-corrected chi connectivity index (χ1v) is 12.7. The summed E-state index contributed by atoms with van der Waals surface area (Å²) in [7, 11) is 3.36. The highest BCUT2D eigenvalue weighted by Gasteiger charge is 2.37. The molecule has 0 aromatic carbocycles. The average Bonchev–Trinajstić information content (AvgIpc) is 3.30. The van der Waals surface area contributed by atoms with Gasteiger partial charge < -0.3 is 20.9 Å². The number of amides is 4. The summed E-state index contributed by atoms with van der Waals surface area (Å²) in [6, 6.07) is -1.12. The average molecular weight is 535 g/mol. The molecule has 14 heteroatoms. The van der Waals surface area contributed by atoms with Gasteiger partial charge in [-0.1, -0.05) is 11.6 Å². The van der Waals surface area contributed by atoms with Gasteiger partial charge in [0, 0.05) is 50.4 Å². The van der Waals surface area contributed by atoms with Crippen molar-refractivity contribution in [2.45, 2.75) is 44.3 Å². The van der Waals surface area contributed by atoms with E-state index in [0.29, 0.717) is 30.8 Å². The molecule has 2 aromatic heterocycles. The molecule has 0 radical (unpaired) electrons. The number of nitrogens with zero attached hydrogens (tertiary/aromatic N) is 4. The van der Waals surface area contributed by atoms with E-state index in [1.165, 1.54) is 28.6 Å². The Morgan fingerprint density at radius 1 is 1.08 bits per heavy atom. The van der Waals surface area contributed by atoms with Crippen LogP contribution in [-0.4, -0.2) is 76.2 Å². The minimum atomic E-state index is -0.950. The molecule has 4 N–H and O–H groups in total. The van der Waals surface area contributed by atoms with Crippen molar-refractivity contribution >= 4 is 52.5 Å². The second-order valence-electron chi connectivity index (χ2n) is 8.90. The van der Waals surface area contributed by atoms with E-state index in [1.54, 1.807) is 14.1 Å². The Labute approximate surface area is 216 Å². The van der Waals surface area contributed by atoms with Gasteiger partial charge in [0.2, 0.25) is 11.9 Å². The fourth-order valence-electron chi connectivity index (χ4n) is 4.31. The number of fused-ring (bicyclic) bond motifs is 1. The number of halogens is 1. The minimum Gasteiger partial charge on any atom is -0.349 e. The second-order valence-corrected chi connectivity index (χ2v) is 10.4. The molecule has 3 heterocycles. The number of hydrogen-bond acceptors (Lipinski definition) is 9. The summed E-state index contributed by atoms with van der Waals surface area (Å²) < 4.78 is 0. The van der Waals surface area contributed by atoms with Crippen LogP contribution in [0.3, 0.4) is 0 Å². The maximum atomic E-state index is 13.1. The first kappa shape index (κ1) is 25.9. The van der Waals surface area contributed by atoms with Gasteiger partial charge in [0.1, 0.15) is 0 Å². The first-order valence-electron chi connectivity index (χ1n) is 11.5. The zero-order valence-electron chi connectivity index (χ0n) is 19.8. The number of anilines is 1. The van der Waals surface area contributed by atoms with E-state index in [9.17, 15) is 19.2 Å². The SMILES string of the molecule is CN(C)C(=O)[C@H]1CC[C@H](NC(=O)C(=O)Nc2ncc(Cl)cn2)[C@H](NC(=O)c2nc3c(s2)CNCC3)C1. The van der Waals surface area contributed by atoms with Crippen LogP contribution in [-0.2, 0) is 27.3 Å². The third-order valence-corrected chi connectivity index (χ3v) is 7.41. The smallest absolute Gasteiger partial charge is 0.316 e. The Morgan fingerprint density at radius 3 is 2.53 bits per heavy atom. The fraction of sp³-hybridized carbons (Fsp3) is 0.500. The van der Waals surface area contributed by atoms with Crippen molar-refractivity contribution in [3.8, 4) is 0 Å². The maximum Gasteiger partial charge on any atom is 0.316 e. The predicted molar refractivity (Wildman–Crippen MR) is 132 cm³/mol. The number of aromatic nitrogens is 3. The molecule has 36 heavy (non-hydrogen) atoms. The monoisotopic (exact) mass is 534 g/mol. The van der Waals surface area contributed by atoms with Gasteiger partial charge in [-0.25, -0.2) is 15.0 Å². The Balaban J connectivity index is 1.45. The first-order chi connectivity index (χ1) is 17.2. The van der Waals surface area contributed by atoms with Crippen LogP contribution in [0.1, 0.15) is 39.6 Å². The number of rotatable bonds is 5. The summed E-state index contributed by atoms with van der Waals surface area (Å²) in [4.78, 5) is 65.4. The van der Waals surface area contributed by atoms with Gasteiger partial charge in [0.15, 0.2) is 5.01 Å². The minimum absolute atomic E-state index is 0.0487. The van der Waals surface area contributed by atoms with Gasteiger partial charge in [0.25, 0.3) is 5.91 Å². The zero-order valence-corrected chi connectivity index (χ0v) is 21.4. The molecular weight excluding hydrogens is 508 g/mol. The molecule has 0 saturated heterocycles. The molecule has 2 aromatic rings. The molecular formula is C22H27ClN8O4S. The van der Waals surface area contributed by atoms with E-state index in [-0.39, 0.29) is 28.7 Å². The lowest BCUT2D eigenvalue weighted by Crippen LogP contribution is -2.57. The normalized spacial score (nSPS) is 21.1. The van der Waals surface area contributed by atoms with Gasteiger partial charge >= 0.3 is 11.8 Å². The molecule has 1 aliphatic heterocycles. The van der Waals surface area contributed by atoms with Crippen LogP contribution in [0.15, 0.2) is 12.4 Å². The molecule has 1 aliphatic carbocycles. The molecule has 1 fully saturated rings. The van der Waals surface area contributed by atoms with Crippen molar-refractivity contribution < 1.29 is 19.2 Å². The summed E-state index contributed by atoms with van der Waals surface area (Å²) in [6.07, 6.45) is 4.58. The van der Waals surface area contributed by atoms with Crippen molar-refractivity contribution in [2.24, 2.45) is 5.92 Å². The third kappa shape index (κ3) is 6.15. The van der Waals surface area contributed by atoms with Gasteiger partial charge in [-0.2, -0.15) is 0 Å².